The van der Waals surface area contributed by atoms with Gasteiger partial charge in [-0.15, -0.1) is 12.4 Å². The number of hydrogen-bond acceptors (Lipinski definition) is 5. The van der Waals surface area contributed by atoms with Crippen molar-refractivity contribution in [3.63, 3.8) is 0 Å². The molecular weight excluding hydrogens is 366 g/mol. The molecule has 3 heterocycles. The lowest BCUT2D eigenvalue weighted by atomic mass is 9.62. The van der Waals surface area contributed by atoms with Crippen LogP contribution in [0.25, 0.3) is 0 Å². The van der Waals surface area contributed by atoms with Gasteiger partial charge in [-0.25, -0.2) is 0 Å². The highest BCUT2D eigenvalue weighted by molar-refractivity contribution is 5.90. The Hall–Kier alpha value is -1.21. The number of pyridine rings is 1. The molecule has 7 heteroatoms. The molecular formula is C20H30ClN3O3. The highest BCUT2D eigenvalue weighted by Gasteiger charge is 2.54. The fourth-order valence-electron chi connectivity index (χ4n) is 5.55. The van der Waals surface area contributed by atoms with E-state index in [2.05, 4.69) is 9.88 Å². The molecule has 2 saturated heterocycles. The zero-order valence-corrected chi connectivity index (χ0v) is 16.7. The van der Waals surface area contributed by atoms with E-state index in [0.29, 0.717) is 23.6 Å². The smallest absolute Gasteiger partial charge is 0.267 e. The van der Waals surface area contributed by atoms with Crippen molar-refractivity contribution in [2.24, 2.45) is 17.6 Å². The molecule has 4 rings (SSSR count). The fourth-order valence-corrected chi connectivity index (χ4v) is 5.55. The standard InChI is InChI=1S/C20H29N3O3.ClH/c1-25-20(14-5-8-22-18(11-14)19(21)24)15-3-2-4-16(20)13-23(12-15)17-6-9-26-10-7-17;/h5,8,11,15-17H,2-4,6-7,9-10,12-13H2,1H3,(H2,21,24);1H/t15-,16+,20+;. The largest absolute Gasteiger partial charge is 0.381 e. The van der Waals surface area contributed by atoms with E-state index in [1.807, 2.05) is 19.2 Å². The molecule has 150 valence electrons. The molecule has 0 radical (unpaired) electrons. The first-order valence-electron chi connectivity index (χ1n) is 9.78. The van der Waals surface area contributed by atoms with E-state index >= 15 is 0 Å². The summed E-state index contributed by atoms with van der Waals surface area (Å²) in [7, 11) is 1.82. The summed E-state index contributed by atoms with van der Waals surface area (Å²) in [6.45, 7) is 3.84. The van der Waals surface area contributed by atoms with Gasteiger partial charge in [-0.2, -0.15) is 0 Å². The maximum Gasteiger partial charge on any atom is 0.267 e. The average molecular weight is 396 g/mol. The molecule has 0 spiro atoms. The summed E-state index contributed by atoms with van der Waals surface area (Å²) in [6, 6.07) is 4.48. The van der Waals surface area contributed by atoms with E-state index in [4.69, 9.17) is 15.2 Å². The van der Waals surface area contributed by atoms with Crippen LogP contribution >= 0.6 is 12.4 Å². The molecule has 6 nitrogen and oxygen atoms in total. The number of hydrogen-bond donors (Lipinski definition) is 1. The lowest BCUT2D eigenvalue weighted by Gasteiger charge is -2.57. The van der Waals surface area contributed by atoms with Crippen LogP contribution in [0.15, 0.2) is 18.3 Å². The molecule has 27 heavy (non-hydrogen) atoms. The highest BCUT2D eigenvalue weighted by atomic mass is 35.5. The van der Waals surface area contributed by atoms with E-state index in [1.165, 1.54) is 6.42 Å². The van der Waals surface area contributed by atoms with Gasteiger partial charge in [0.25, 0.3) is 5.91 Å². The van der Waals surface area contributed by atoms with Gasteiger partial charge in [-0.3, -0.25) is 14.7 Å². The van der Waals surface area contributed by atoms with Crippen molar-refractivity contribution >= 4 is 18.3 Å². The van der Waals surface area contributed by atoms with E-state index < -0.39 is 5.91 Å². The summed E-state index contributed by atoms with van der Waals surface area (Å²) in [5.74, 6) is 0.361. The molecule has 0 unspecified atom stereocenters. The Morgan fingerprint density at radius 3 is 2.52 bits per heavy atom. The summed E-state index contributed by atoms with van der Waals surface area (Å²) in [5.41, 5.74) is 6.51. The SMILES string of the molecule is CO[C@@]1(c2ccnc(C(N)=O)c2)[C@@H]2CCC[C@H]1CN(C1CCOCC1)C2.Cl. The zero-order valence-electron chi connectivity index (χ0n) is 15.9. The number of ether oxygens (including phenoxy) is 2. The Labute approximate surface area is 167 Å². The Bertz CT molecular complexity index is 652. The van der Waals surface area contributed by atoms with Crippen LogP contribution in [0, 0.1) is 11.8 Å². The van der Waals surface area contributed by atoms with Crippen molar-refractivity contribution < 1.29 is 14.3 Å². The molecule has 1 aliphatic carbocycles. The normalized spacial score (nSPS) is 31.9. The van der Waals surface area contributed by atoms with Crippen LogP contribution in [0.2, 0.25) is 0 Å². The molecule has 3 aliphatic rings. The third-order valence-corrected chi connectivity index (χ3v) is 6.74. The molecule has 1 amide bonds. The number of nitrogens with zero attached hydrogens (tertiary/aromatic N) is 2. The van der Waals surface area contributed by atoms with Gasteiger partial charge in [-0.1, -0.05) is 6.42 Å². The number of fused-ring (bicyclic) bond motifs is 2. The minimum atomic E-state index is -0.483. The van der Waals surface area contributed by atoms with Gasteiger partial charge in [0.1, 0.15) is 11.3 Å². The lowest BCUT2D eigenvalue weighted by molar-refractivity contribution is -0.177. The number of likely N-dealkylation sites (tertiary alicyclic amines) is 1. The van der Waals surface area contributed by atoms with Crippen molar-refractivity contribution in [3.05, 3.63) is 29.6 Å². The van der Waals surface area contributed by atoms with E-state index in [0.717, 1.165) is 57.6 Å². The number of aromatic nitrogens is 1. The quantitative estimate of drug-likeness (QED) is 0.846. The van der Waals surface area contributed by atoms with Crippen LogP contribution in [-0.2, 0) is 15.1 Å². The van der Waals surface area contributed by atoms with Crippen LogP contribution in [-0.4, -0.2) is 55.2 Å². The lowest BCUT2D eigenvalue weighted by Crippen LogP contribution is -2.61. The van der Waals surface area contributed by atoms with Gasteiger partial charge in [0.2, 0.25) is 0 Å². The van der Waals surface area contributed by atoms with Crippen molar-refractivity contribution in [3.8, 4) is 0 Å². The molecule has 2 N–H and O–H groups in total. The Balaban J connectivity index is 0.00000210. The van der Waals surface area contributed by atoms with Gasteiger partial charge in [0.15, 0.2) is 0 Å². The predicted molar refractivity (Wildman–Crippen MR) is 105 cm³/mol. The molecule has 2 aliphatic heterocycles. The summed E-state index contributed by atoms with van der Waals surface area (Å²) >= 11 is 0. The fraction of sp³-hybridized carbons (Fsp3) is 0.700. The van der Waals surface area contributed by atoms with E-state index in [9.17, 15) is 4.79 Å². The molecule has 0 aromatic carbocycles. The molecule has 1 aromatic heterocycles. The van der Waals surface area contributed by atoms with Crippen LogP contribution in [0.3, 0.4) is 0 Å². The third-order valence-electron chi connectivity index (χ3n) is 6.74. The third kappa shape index (κ3) is 3.60. The van der Waals surface area contributed by atoms with Gasteiger partial charge in [0, 0.05) is 57.5 Å². The molecule has 2 bridgehead atoms. The van der Waals surface area contributed by atoms with Crippen LogP contribution in [0.4, 0.5) is 0 Å². The Morgan fingerprint density at radius 2 is 1.93 bits per heavy atom. The molecule has 1 saturated carbocycles. The Morgan fingerprint density at radius 1 is 1.26 bits per heavy atom. The predicted octanol–water partition coefficient (Wildman–Crippen LogP) is 2.35. The van der Waals surface area contributed by atoms with Gasteiger partial charge in [-0.05, 0) is 43.4 Å². The van der Waals surface area contributed by atoms with Crippen molar-refractivity contribution in [1.29, 1.82) is 0 Å². The summed E-state index contributed by atoms with van der Waals surface area (Å²) in [4.78, 5) is 18.4. The second-order valence-corrected chi connectivity index (χ2v) is 7.91. The van der Waals surface area contributed by atoms with Crippen LogP contribution in [0.1, 0.15) is 48.2 Å². The monoisotopic (exact) mass is 395 g/mol. The second-order valence-electron chi connectivity index (χ2n) is 7.91. The topological polar surface area (TPSA) is 77.7 Å². The minimum absolute atomic E-state index is 0. The minimum Gasteiger partial charge on any atom is -0.381 e. The maximum absolute atomic E-state index is 11.6. The maximum atomic E-state index is 11.6. The number of methoxy groups -OCH3 is 1. The van der Waals surface area contributed by atoms with Gasteiger partial charge >= 0.3 is 0 Å². The van der Waals surface area contributed by atoms with Gasteiger partial charge < -0.3 is 15.2 Å². The van der Waals surface area contributed by atoms with Crippen molar-refractivity contribution in [2.75, 3.05) is 33.4 Å². The molecule has 3 atom stereocenters. The summed E-state index contributed by atoms with van der Waals surface area (Å²) in [5, 5.41) is 0. The number of carbonyl (C=O) groups excluding carboxylic acids is 1. The average Bonchev–Trinajstić information content (AvgIpc) is 2.67. The zero-order chi connectivity index (χ0) is 18.1. The van der Waals surface area contributed by atoms with Crippen LogP contribution < -0.4 is 5.73 Å². The van der Waals surface area contributed by atoms with E-state index in [-0.39, 0.29) is 18.0 Å². The first kappa shape index (κ1) is 20.5. The number of primary amides is 1. The number of nitrogens with two attached hydrogens (primary N) is 1. The molecule has 3 fully saturated rings. The summed E-state index contributed by atoms with van der Waals surface area (Å²) in [6.07, 6.45) is 7.49. The number of carbonyl (C=O) groups is 1. The van der Waals surface area contributed by atoms with Crippen molar-refractivity contribution in [2.45, 2.75) is 43.7 Å². The number of halogens is 1. The molecule has 1 aromatic rings. The Kier molecular flexibility index (Phi) is 6.41. The second kappa shape index (κ2) is 8.43. The van der Waals surface area contributed by atoms with E-state index in [1.54, 1.807) is 6.20 Å². The van der Waals surface area contributed by atoms with Gasteiger partial charge in [0.05, 0.1) is 0 Å². The highest BCUT2D eigenvalue weighted by Crippen LogP contribution is 2.52. The first-order valence-corrected chi connectivity index (χ1v) is 9.78. The summed E-state index contributed by atoms with van der Waals surface area (Å²) < 4.78 is 11.8. The van der Waals surface area contributed by atoms with Crippen molar-refractivity contribution in [1.82, 2.24) is 9.88 Å². The number of piperidine rings is 1. The number of amides is 1. The number of rotatable bonds is 4. The first-order chi connectivity index (χ1) is 12.6. The van der Waals surface area contributed by atoms with Crippen LogP contribution in [0.5, 0.6) is 0 Å².